The van der Waals surface area contributed by atoms with Gasteiger partial charge in [0.1, 0.15) is 11.3 Å². The summed E-state index contributed by atoms with van der Waals surface area (Å²) in [5, 5.41) is 12.0. The first-order valence-electron chi connectivity index (χ1n) is 8.07. The Hall–Kier alpha value is -3.74. The number of hydrogen-bond acceptors (Lipinski definition) is 6. The topological polar surface area (TPSA) is 91.6 Å². The molecule has 0 saturated carbocycles. The number of pyridine rings is 1. The monoisotopic (exact) mass is 364 g/mol. The quantitative estimate of drug-likeness (QED) is 0.222. The van der Waals surface area contributed by atoms with Crippen molar-refractivity contribution in [3.05, 3.63) is 76.0 Å². The Labute approximate surface area is 155 Å². The van der Waals surface area contributed by atoms with E-state index in [0.717, 1.165) is 0 Å². The van der Waals surface area contributed by atoms with Gasteiger partial charge in [-0.15, -0.1) is 0 Å². The Bertz CT molecular complexity index is 1060. The van der Waals surface area contributed by atoms with Crippen LogP contribution in [-0.4, -0.2) is 23.0 Å². The molecule has 0 radical (unpaired) electrons. The number of hydrogen-bond donors (Lipinski definition) is 0. The maximum atomic E-state index is 12.6. The number of benzene rings is 2. The molecule has 136 valence electrons. The van der Waals surface area contributed by atoms with Gasteiger partial charge in [-0.3, -0.25) is 15.1 Å². The van der Waals surface area contributed by atoms with Gasteiger partial charge in [0.25, 0.3) is 0 Å². The lowest BCUT2D eigenvalue weighted by molar-refractivity contribution is -0.385. The number of para-hydroxylation sites is 1. The smallest absolute Gasteiger partial charge is 0.339 e. The van der Waals surface area contributed by atoms with E-state index in [1.54, 1.807) is 43.3 Å². The van der Waals surface area contributed by atoms with Crippen LogP contribution in [0.5, 0.6) is 11.5 Å². The van der Waals surface area contributed by atoms with E-state index in [9.17, 15) is 14.9 Å². The van der Waals surface area contributed by atoms with E-state index in [1.807, 2.05) is 12.1 Å². The van der Waals surface area contributed by atoms with Crippen molar-refractivity contribution >= 4 is 28.6 Å². The molecule has 1 aromatic heterocycles. The van der Waals surface area contributed by atoms with Crippen molar-refractivity contribution in [2.24, 2.45) is 0 Å². The third kappa shape index (κ3) is 3.77. The molecule has 0 atom stereocenters. The number of carbonyl (C=O) groups excluding carboxylic acids is 1. The minimum atomic E-state index is -0.706. The molecule has 0 aliphatic heterocycles. The van der Waals surface area contributed by atoms with E-state index < -0.39 is 10.9 Å². The summed E-state index contributed by atoms with van der Waals surface area (Å²) in [5.41, 5.74) is 0.895. The Morgan fingerprint density at radius 1 is 1.15 bits per heavy atom. The molecule has 1 heterocycles. The van der Waals surface area contributed by atoms with Crippen molar-refractivity contribution in [1.29, 1.82) is 0 Å². The molecule has 7 nitrogen and oxygen atoms in total. The summed E-state index contributed by atoms with van der Waals surface area (Å²) in [6, 6.07) is 13.5. The highest BCUT2D eigenvalue weighted by molar-refractivity contribution is 5.98. The summed E-state index contributed by atoms with van der Waals surface area (Å²) in [6.45, 7) is 1.57. The van der Waals surface area contributed by atoms with E-state index in [0.29, 0.717) is 16.7 Å². The zero-order valence-corrected chi connectivity index (χ0v) is 14.7. The second kappa shape index (κ2) is 7.65. The van der Waals surface area contributed by atoms with Crippen molar-refractivity contribution in [2.75, 3.05) is 7.11 Å². The van der Waals surface area contributed by atoms with Gasteiger partial charge in [-0.05, 0) is 31.2 Å². The van der Waals surface area contributed by atoms with Gasteiger partial charge >= 0.3 is 11.7 Å². The van der Waals surface area contributed by atoms with Crippen molar-refractivity contribution in [3.63, 3.8) is 0 Å². The molecule has 0 bridgehead atoms. The lowest BCUT2D eigenvalue weighted by atomic mass is 10.1. The standard InChI is InChI=1S/C20H16N2O5/c1-13(12-15-6-3-4-8-17(15)26-2)20(23)27-19-16(22(24)25)10-9-14-7-5-11-21-18(14)19/h3-12H,1-2H3. The largest absolute Gasteiger partial charge is 0.496 e. The number of rotatable bonds is 5. The maximum Gasteiger partial charge on any atom is 0.339 e. The van der Waals surface area contributed by atoms with Crippen LogP contribution in [0.25, 0.3) is 17.0 Å². The molecular formula is C20H16N2O5. The first-order chi connectivity index (χ1) is 13.0. The Morgan fingerprint density at radius 3 is 2.67 bits per heavy atom. The van der Waals surface area contributed by atoms with Gasteiger partial charge in [-0.2, -0.15) is 0 Å². The van der Waals surface area contributed by atoms with Gasteiger partial charge < -0.3 is 9.47 Å². The van der Waals surface area contributed by atoms with E-state index >= 15 is 0 Å². The van der Waals surface area contributed by atoms with Crippen LogP contribution >= 0.6 is 0 Å². The Morgan fingerprint density at radius 2 is 1.93 bits per heavy atom. The summed E-state index contributed by atoms with van der Waals surface area (Å²) in [4.78, 5) is 27.4. The molecule has 0 amide bonds. The molecule has 0 unspecified atom stereocenters. The van der Waals surface area contributed by atoms with Crippen LogP contribution < -0.4 is 9.47 Å². The molecule has 0 spiro atoms. The lowest BCUT2D eigenvalue weighted by Crippen LogP contribution is -2.11. The van der Waals surface area contributed by atoms with Crippen LogP contribution in [0.15, 0.2) is 60.3 Å². The highest BCUT2D eigenvalue weighted by atomic mass is 16.6. The number of aromatic nitrogens is 1. The molecule has 0 aliphatic carbocycles. The van der Waals surface area contributed by atoms with E-state index in [2.05, 4.69) is 4.98 Å². The number of carbonyl (C=O) groups is 1. The number of fused-ring (bicyclic) bond motifs is 1. The molecule has 7 heteroatoms. The predicted molar refractivity (Wildman–Crippen MR) is 101 cm³/mol. The zero-order chi connectivity index (χ0) is 19.4. The van der Waals surface area contributed by atoms with Crippen LogP contribution in [-0.2, 0) is 4.79 Å². The average Bonchev–Trinajstić information content (AvgIpc) is 2.68. The Kier molecular flexibility index (Phi) is 5.12. The van der Waals surface area contributed by atoms with Crippen LogP contribution in [0.3, 0.4) is 0 Å². The van der Waals surface area contributed by atoms with Gasteiger partial charge in [0, 0.05) is 28.8 Å². The predicted octanol–water partition coefficient (Wildman–Crippen LogP) is 4.16. The SMILES string of the molecule is COc1ccccc1C=C(C)C(=O)Oc1c([N+](=O)[O-])ccc2cccnc12. The summed E-state index contributed by atoms with van der Waals surface area (Å²) in [7, 11) is 1.53. The summed E-state index contributed by atoms with van der Waals surface area (Å²) in [5.74, 6) is -0.277. The molecule has 27 heavy (non-hydrogen) atoms. The van der Waals surface area contributed by atoms with Gasteiger partial charge in [0.15, 0.2) is 0 Å². The highest BCUT2D eigenvalue weighted by Gasteiger charge is 2.23. The number of ether oxygens (including phenoxy) is 2. The average molecular weight is 364 g/mol. The van der Waals surface area contributed by atoms with Gasteiger partial charge in [-0.1, -0.05) is 24.3 Å². The second-order valence-electron chi connectivity index (χ2n) is 5.70. The Balaban J connectivity index is 1.99. The first kappa shape index (κ1) is 18.1. The fourth-order valence-corrected chi connectivity index (χ4v) is 2.60. The molecule has 2 aromatic carbocycles. The number of nitrogens with zero attached hydrogens (tertiary/aromatic N) is 2. The molecule has 0 N–H and O–H groups in total. The summed E-state index contributed by atoms with van der Waals surface area (Å²) < 4.78 is 10.6. The number of methoxy groups -OCH3 is 1. The van der Waals surface area contributed by atoms with E-state index in [1.165, 1.54) is 19.4 Å². The minimum Gasteiger partial charge on any atom is -0.496 e. The van der Waals surface area contributed by atoms with Crippen molar-refractivity contribution < 1.29 is 19.2 Å². The molecule has 0 aliphatic rings. The number of nitro benzene ring substituents is 1. The third-order valence-corrected chi connectivity index (χ3v) is 3.93. The third-order valence-electron chi connectivity index (χ3n) is 3.93. The summed E-state index contributed by atoms with van der Waals surface area (Å²) >= 11 is 0. The van der Waals surface area contributed by atoms with Crippen molar-refractivity contribution in [2.45, 2.75) is 6.92 Å². The number of esters is 1. The van der Waals surface area contributed by atoms with E-state index in [4.69, 9.17) is 9.47 Å². The zero-order valence-electron chi connectivity index (χ0n) is 14.7. The van der Waals surface area contributed by atoms with Crippen LogP contribution in [0.1, 0.15) is 12.5 Å². The fraction of sp³-hybridized carbons (Fsp3) is 0.100. The molecule has 3 aromatic rings. The first-order valence-corrected chi connectivity index (χ1v) is 8.07. The van der Waals surface area contributed by atoms with Crippen LogP contribution in [0, 0.1) is 10.1 Å². The van der Waals surface area contributed by atoms with Crippen molar-refractivity contribution in [3.8, 4) is 11.5 Å². The fourth-order valence-electron chi connectivity index (χ4n) is 2.60. The molecule has 0 saturated heterocycles. The van der Waals surface area contributed by atoms with Gasteiger partial charge in [0.2, 0.25) is 5.75 Å². The maximum absolute atomic E-state index is 12.6. The molecule has 0 fully saturated rings. The normalized spacial score (nSPS) is 11.3. The molecular weight excluding hydrogens is 348 g/mol. The van der Waals surface area contributed by atoms with Crippen LogP contribution in [0.2, 0.25) is 0 Å². The number of nitro groups is 1. The van der Waals surface area contributed by atoms with Crippen molar-refractivity contribution in [1.82, 2.24) is 4.98 Å². The molecule has 3 rings (SSSR count). The van der Waals surface area contributed by atoms with Gasteiger partial charge in [0.05, 0.1) is 12.0 Å². The minimum absolute atomic E-state index is 0.170. The lowest BCUT2D eigenvalue weighted by Gasteiger charge is -2.09. The highest BCUT2D eigenvalue weighted by Crippen LogP contribution is 2.34. The van der Waals surface area contributed by atoms with Crippen LogP contribution in [0.4, 0.5) is 5.69 Å². The summed E-state index contributed by atoms with van der Waals surface area (Å²) in [6.07, 6.45) is 3.09. The second-order valence-corrected chi connectivity index (χ2v) is 5.70. The van der Waals surface area contributed by atoms with E-state index in [-0.39, 0.29) is 22.5 Å². The van der Waals surface area contributed by atoms with Gasteiger partial charge in [-0.25, -0.2) is 4.79 Å².